The lowest BCUT2D eigenvalue weighted by molar-refractivity contribution is -0.143. The zero-order valence-corrected chi connectivity index (χ0v) is 15.3. The maximum Gasteiger partial charge on any atom is 0.434 e. The predicted molar refractivity (Wildman–Crippen MR) is 93.5 cm³/mol. The van der Waals surface area contributed by atoms with E-state index in [-0.39, 0.29) is 23.5 Å². The fraction of sp³-hybridized carbons (Fsp3) is 0.412. The van der Waals surface area contributed by atoms with Gasteiger partial charge in [0.25, 0.3) is 5.91 Å². The van der Waals surface area contributed by atoms with Gasteiger partial charge in [0.15, 0.2) is 5.69 Å². The van der Waals surface area contributed by atoms with Gasteiger partial charge in [0, 0.05) is 13.1 Å². The Morgan fingerprint density at radius 1 is 1.30 bits per heavy atom. The number of carbonyl (C=O) groups is 1. The van der Waals surface area contributed by atoms with Crippen molar-refractivity contribution in [2.45, 2.75) is 19.5 Å². The average Bonchev–Trinajstić information content (AvgIpc) is 3.19. The average molecular weight is 407 g/mol. The van der Waals surface area contributed by atoms with E-state index in [4.69, 9.17) is 5.73 Å². The maximum atomic E-state index is 13.6. The normalized spacial score (nSPS) is 19.9. The number of rotatable bonds is 3. The summed E-state index contributed by atoms with van der Waals surface area (Å²) in [6, 6.07) is 4.41. The third-order valence-corrected chi connectivity index (χ3v) is 4.68. The predicted octanol–water partition coefficient (Wildman–Crippen LogP) is 3.26. The van der Waals surface area contributed by atoms with Crippen LogP contribution in [0.1, 0.15) is 29.4 Å². The molecule has 2 heterocycles. The fourth-order valence-electron chi connectivity index (χ4n) is 3.09. The molecule has 1 atom stereocenters. The number of amides is 1. The van der Waals surface area contributed by atoms with Gasteiger partial charge < -0.3 is 10.6 Å². The van der Waals surface area contributed by atoms with Crippen LogP contribution in [0.15, 0.2) is 30.5 Å². The molecule has 1 saturated heterocycles. The zero-order chi connectivity index (χ0) is 19.1. The van der Waals surface area contributed by atoms with E-state index in [1.807, 2.05) is 6.92 Å². The molecule has 27 heavy (non-hydrogen) atoms. The Morgan fingerprint density at radius 2 is 1.93 bits per heavy atom. The van der Waals surface area contributed by atoms with Gasteiger partial charge in [-0.2, -0.15) is 18.3 Å². The highest BCUT2D eigenvalue weighted by Crippen LogP contribution is 2.36. The molecule has 0 spiro atoms. The van der Waals surface area contributed by atoms with Crippen LogP contribution in [0, 0.1) is 11.2 Å². The summed E-state index contributed by atoms with van der Waals surface area (Å²) < 4.78 is 54.6. The number of likely N-dealkylation sites (tertiary alicyclic amines) is 1. The van der Waals surface area contributed by atoms with Crippen LogP contribution in [0.5, 0.6) is 0 Å². The van der Waals surface area contributed by atoms with Gasteiger partial charge in [-0.05, 0) is 42.6 Å². The number of aromatic nitrogens is 2. The van der Waals surface area contributed by atoms with Gasteiger partial charge in [0.05, 0.1) is 17.4 Å². The van der Waals surface area contributed by atoms with E-state index >= 15 is 0 Å². The molecule has 1 unspecified atom stereocenters. The number of hydrogen-bond donors (Lipinski definition) is 1. The summed E-state index contributed by atoms with van der Waals surface area (Å²) in [4.78, 5) is 14.1. The standard InChI is InChI=1S/C17H18F4N4O.ClH/c1-16(9-22)6-7-24(10-16)15(26)13-8-23-25(14(13)17(19,20)21)12-4-2-11(18)3-5-12;/h2-5,8H,6-7,9-10,22H2,1H3;1H. The van der Waals surface area contributed by atoms with E-state index in [0.29, 0.717) is 30.7 Å². The highest BCUT2D eigenvalue weighted by molar-refractivity contribution is 5.95. The van der Waals surface area contributed by atoms with Crippen LogP contribution in [-0.4, -0.2) is 40.2 Å². The van der Waals surface area contributed by atoms with Crippen LogP contribution >= 0.6 is 12.4 Å². The molecule has 2 N–H and O–H groups in total. The molecule has 10 heteroatoms. The van der Waals surface area contributed by atoms with Crippen molar-refractivity contribution in [3.63, 3.8) is 0 Å². The number of halogens is 5. The van der Waals surface area contributed by atoms with E-state index in [1.165, 1.54) is 17.0 Å². The van der Waals surface area contributed by atoms with Gasteiger partial charge in [-0.1, -0.05) is 6.92 Å². The van der Waals surface area contributed by atoms with Crippen molar-refractivity contribution in [2.75, 3.05) is 19.6 Å². The van der Waals surface area contributed by atoms with Crippen molar-refractivity contribution in [1.29, 1.82) is 0 Å². The van der Waals surface area contributed by atoms with Gasteiger partial charge >= 0.3 is 6.18 Å². The molecule has 1 aliphatic heterocycles. The summed E-state index contributed by atoms with van der Waals surface area (Å²) in [5.74, 6) is -1.31. The lowest BCUT2D eigenvalue weighted by Crippen LogP contribution is -2.35. The highest BCUT2D eigenvalue weighted by Gasteiger charge is 2.43. The number of alkyl halides is 3. The quantitative estimate of drug-likeness (QED) is 0.796. The summed E-state index contributed by atoms with van der Waals surface area (Å²) in [7, 11) is 0. The first-order valence-corrected chi connectivity index (χ1v) is 8.05. The topological polar surface area (TPSA) is 64.2 Å². The van der Waals surface area contributed by atoms with E-state index in [1.54, 1.807) is 0 Å². The minimum absolute atomic E-state index is 0. The maximum absolute atomic E-state index is 13.6. The molecule has 0 radical (unpaired) electrons. The summed E-state index contributed by atoms with van der Waals surface area (Å²) in [6.45, 7) is 2.87. The Balaban J connectivity index is 0.00000261. The molecular weight excluding hydrogens is 388 g/mol. The molecule has 3 rings (SSSR count). The van der Waals surface area contributed by atoms with Crippen LogP contribution in [0.2, 0.25) is 0 Å². The SMILES string of the molecule is CC1(CN)CCN(C(=O)c2cnn(-c3ccc(F)cc3)c2C(F)(F)F)C1.Cl. The number of hydrogen-bond acceptors (Lipinski definition) is 3. The molecule has 1 amide bonds. The number of nitrogens with two attached hydrogens (primary N) is 1. The first-order valence-electron chi connectivity index (χ1n) is 8.05. The minimum atomic E-state index is -4.80. The van der Waals surface area contributed by atoms with Gasteiger partial charge in [-0.3, -0.25) is 4.79 Å². The molecule has 1 aromatic carbocycles. The summed E-state index contributed by atoms with van der Waals surface area (Å²) >= 11 is 0. The molecule has 1 aliphatic rings. The van der Waals surface area contributed by atoms with E-state index in [0.717, 1.165) is 18.3 Å². The molecule has 2 aromatic rings. The number of benzene rings is 1. The second-order valence-electron chi connectivity index (χ2n) is 6.78. The molecule has 1 aromatic heterocycles. The Bertz CT molecular complexity index is 821. The second kappa shape index (κ2) is 7.47. The summed E-state index contributed by atoms with van der Waals surface area (Å²) in [5, 5.41) is 3.73. The molecule has 5 nitrogen and oxygen atoms in total. The lowest BCUT2D eigenvalue weighted by atomic mass is 9.90. The van der Waals surface area contributed by atoms with Crippen LogP contribution in [-0.2, 0) is 6.18 Å². The monoisotopic (exact) mass is 406 g/mol. The van der Waals surface area contributed by atoms with Crippen LogP contribution < -0.4 is 5.73 Å². The van der Waals surface area contributed by atoms with Crippen molar-refractivity contribution in [1.82, 2.24) is 14.7 Å². The van der Waals surface area contributed by atoms with Crippen molar-refractivity contribution in [2.24, 2.45) is 11.1 Å². The second-order valence-corrected chi connectivity index (χ2v) is 6.78. The van der Waals surface area contributed by atoms with Crippen LogP contribution in [0.4, 0.5) is 17.6 Å². The number of nitrogens with zero attached hydrogens (tertiary/aromatic N) is 3. The first kappa shape index (κ1) is 21.2. The third kappa shape index (κ3) is 4.08. The Labute approximate surface area is 159 Å². The molecule has 0 aliphatic carbocycles. The van der Waals surface area contributed by atoms with Crippen LogP contribution in [0.3, 0.4) is 0 Å². The van der Waals surface area contributed by atoms with Crippen molar-refractivity contribution in [3.8, 4) is 5.69 Å². The molecular formula is C17H19ClF4N4O. The Hall–Kier alpha value is -2.13. The Kier molecular flexibility index (Phi) is 5.86. The largest absolute Gasteiger partial charge is 0.434 e. The summed E-state index contributed by atoms with van der Waals surface area (Å²) in [6.07, 6.45) is -3.26. The smallest absolute Gasteiger partial charge is 0.338 e. The minimum Gasteiger partial charge on any atom is -0.338 e. The van der Waals surface area contributed by atoms with Gasteiger partial charge in [0.2, 0.25) is 0 Å². The lowest BCUT2D eigenvalue weighted by Gasteiger charge is -2.22. The summed E-state index contributed by atoms with van der Waals surface area (Å²) in [5.41, 5.74) is 3.71. The van der Waals surface area contributed by atoms with Crippen molar-refractivity contribution < 1.29 is 22.4 Å². The number of carbonyl (C=O) groups excluding carboxylic acids is 1. The molecule has 1 fully saturated rings. The first-order chi connectivity index (χ1) is 12.1. The molecule has 0 saturated carbocycles. The van der Waals surface area contributed by atoms with Gasteiger partial charge in [-0.25, -0.2) is 9.07 Å². The van der Waals surface area contributed by atoms with Gasteiger partial charge in [-0.15, -0.1) is 12.4 Å². The van der Waals surface area contributed by atoms with E-state index in [2.05, 4.69) is 5.10 Å². The Morgan fingerprint density at radius 3 is 2.44 bits per heavy atom. The van der Waals surface area contributed by atoms with E-state index in [9.17, 15) is 22.4 Å². The van der Waals surface area contributed by atoms with E-state index < -0.39 is 29.2 Å². The zero-order valence-electron chi connectivity index (χ0n) is 14.5. The highest BCUT2D eigenvalue weighted by atomic mass is 35.5. The van der Waals surface area contributed by atoms with Crippen molar-refractivity contribution >= 4 is 18.3 Å². The van der Waals surface area contributed by atoms with Crippen molar-refractivity contribution in [3.05, 3.63) is 47.5 Å². The third-order valence-electron chi connectivity index (χ3n) is 4.68. The molecule has 148 valence electrons. The van der Waals surface area contributed by atoms with Crippen LogP contribution in [0.25, 0.3) is 5.69 Å². The van der Waals surface area contributed by atoms with Gasteiger partial charge in [0.1, 0.15) is 5.82 Å². The molecule has 0 bridgehead atoms. The fourth-order valence-corrected chi connectivity index (χ4v) is 3.09.